The summed E-state index contributed by atoms with van der Waals surface area (Å²) in [4.78, 5) is 11.8. The number of carbonyl (C=O) groups is 1. The van der Waals surface area contributed by atoms with Crippen LogP contribution in [0.5, 0.6) is 0 Å². The standard InChI is InChI=1S/C13H17N2O/c1-15(2,3)8-7-13(16)12-6-4-5-11(9-12)10-14/h4-6,9H,7-8H2,1-3H3/q+1. The number of benzene rings is 1. The third-order valence-electron chi connectivity index (χ3n) is 2.32. The smallest absolute Gasteiger partial charge is 0.168 e. The van der Waals surface area contributed by atoms with Crippen LogP contribution in [-0.2, 0) is 0 Å². The van der Waals surface area contributed by atoms with Gasteiger partial charge >= 0.3 is 0 Å². The molecule has 0 amide bonds. The first kappa shape index (κ1) is 12.4. The predicted octanol–water partition coefficient (Wildman–Crippen LogP) is 1.84. The quantitative estimate of drug-likeness (QED) is 0.570. The molecule has 1 rings (SSSR count). The normalized spacial score (nSPS) is 10.9. The van der Waals surface area contributed by atoms with Crippen molar-refractivity contribution < 1.29 is 9.28 Å². The number of nitriles is 1. The van der Waals surface area contributed by atoms with Crippen molar-refractivity contribution in [1.82, 2.24) is 0 Å². The molecule has 0 saturated heterocycles. The molecule has 1 aromatic rings. The highest BCUT2D eigenvalue weighted by Crippen LogP contribution is 2.08. The van der Waals surface area contributed by atoms with Gasteiger partial charge in [0.15, 0.2) is 5.78 Å². The van der Waals surface area contributed by atoms with Crippen molar-refractivity contribution in [3.05, 3.63) is 35.4 Å². The summed E-state index contributed by atoms with van der Waals surface area (Å²) in [5, 5.41) is 8.74. The van der Waals surface area contributed by atoms with Gasteiger partial charge in [-0.1, -0.05) is 12.1 Å². The number of rotatable bonds is 4. The van der Waals surface area contributed by atoms with Crippen molar-refractivity contribution in [2.24, 2.45) is 0 Å². The summed E-state index contributed by atoms with van der Waals surface area (Å²) >= 11 is 0. The van der Waals surface area contributed by atoms with Crippen LogP contribution in [0.15, 0.2) is 24.3 Å². The van der Waals surface area contributed by atoms with Gasteiger partial charge in [-0.2, -0.15) is 5.26 Å². The van der Waals surface area contributed by atoms with Crippen LogP contribution in [0.3, 0.4) is 0 Å². The minimum absolute atomic E-state index is 0.102. The topological polar surface area (TPSA) is 40.9 Å². The summed E-state index contributed by atoms with van der Waals surface area (Å²) in [6.45, 7) is 0.801. The number of Topliss-reactive ketones (excluding diaryl/α,β-unsaturated/α-hetero) is 1. The van der Waals surface area contributed by atoms with Crippen molar-refractivity contribution in [3.63, 3.8) is 0 Å². The van der Waals surface area contributed by atoms with Crippen LogP contribution in [0.4, 0.5) is 0 Å². The number of carbonyl (C=O) groups excluding carboxylic acids is 1. The monoisotopic (exact) mass is 217 g/mol. The molecule has 1 aromatic carbocycles. The minimum atomic E-state index is 0.102. The molecule has 84 valence electrons. The maximum absolute atomic E-state index is 11.8. The third kappa shape index (κ3) is 3.84. The van der Waals surface area contributed by atoms with Gasteiger partial charge in [0.2, 0.25) is 0 Å². The highest BCUT2D eigenvalue weighted by molar-refractivity contribution is 5.96. The molecular weight excluding hydrogens is 200 g/mol. The molecule has 3 nitrogen and oxygen atoms in total. The summed E-state index contributed by atoms with van der Waals surface area (Å²) < 4.78 is 0.768. The second kappa shape index (κ2) is 4.91. The lowest BCUT2D eigenvalue weighted by atomic mass is 10.1. The number of hydrogen-bond donors (Lipinski definition) is 0. The summed E-state index contributed by atoms with van der Waals surface area (Å²) in [7, 11) is 6.16. The molecule has 0 atom stereocenters. The van der Waals surface area contributed by atoms with Gasteiger partial charge in [0.25, 0.3) is 0 Å². The molecule has 3 heteroatoms. The maximum atomic E-state index is 11.8. The molecule has 0 aliphatic heterocycles. The fourth-order valence-electron chi connectivity index (χ4n) is 1.34. The SMILES string of the molecule is C[N+](C)(C)CCC(=O)c1cccc(C#N)c1. The highest BCUT2D eigenvalue weighted by atomic mass is 16.1. The van der Waals surface area contributed by atoms with Gasteiger partial charge < -0.3 is 4.48 Å². The van der Waals surface area contributed by atoms with Crippen molar-refractivity contribution in [1.29, 1.82) is 5.26 Å². The van der Waals surface area contributed by atoms with Gasteiger partial charge in [0.1, 0.15) is 0 Å². The van der Waals surface area contributed by atoms with Crippen LogP contribution < -0.4 is 0 Å². The molecule has 0 unspecified atom stereocenters. The fraction of sp³-hybridized carbons (Fsp3) is 0.385. The molecule has 0 fully saturated rings. The molecule has 0 aliphatic rings. The van der Waals surface area contributed by atoms with Crippen LogP contribution in [-0.4, -0.2) is 38.0 Å². The first-order chi connectivity index (χ1) is 7.42. The van der Waals surface area contributed by atoms with E-state index in [0.29, 0.717) is 17.5 Å². The zero-order valence-electron chi connectivity index (χ0n) is 10.0. The maximum Gasteiger partial charge on any atom is 0.168 e. The highest BCUT2D eigenvalue weighted by Gasteiger charge is 2.12. The molecule has 0 N–H and O–H groups in total. The molecule has 0 heterocycles. The number of quaternary nitrogens is 1. The van der Waals surface area contributed by atoms with Crippen LogP contribution in [0, 0.1) is 11.3 Å². The third-order valence-corrected chi connectivity index (χ3v) is 2.32. The molecular formula is C13H17N2O+. The van der Waals surface area contributed by atoms with E-state index in [0.717, 1.165) is 11.0 Å². The van der Waals surface area contributed by atoms with Crippen LogP contribution in [0.25, 0.3) is 0 Å². The number of ketones is 1. The largest absolute Gasteiger partial charge is 0.331 e. The average molecular weight is 217 g/mol. The lowest BCUT2D eigenvalue weighted by molar-refractivity contribution is -0.869. The van der Waals surface area contributed by atoms with Gasteiger partial charge in [0, 0.05) is 5.56 Å². The molecule has 0 aromatic heterocycles. The second-order valence-corrected chi connectivity index (χ2v) is 4.88. The summed E-state index contributed by atoms with van der Waals surface area (Å²) in [6, 6.07) is 8.90. The Hall–Kier alpha value is -1.66. The van der Waals surface area contributed by atoms with E-state index in [-0.39, 0.29) is 5.78 Å². The Morgan fingerprint density at radius 3 is 2.62 bits per heavy atom. The zero-order chi connectivity index (χ0) is 12.2. The van der Waals surface area contributed by atoms with Crippen LogP contribution in [0.1, 0.15) is 22.3 Å². The lowest BCUT2D eigenvalue weighted by Gasteiger charge is -2.23. The Morgan fingerprint density at radius 1 is 1.38 bits per heavy atom. The van der Waals surface area contributed by atoms with E-state index in [4.69, 9.17) is 5.26 Å². The van der Waals surface area contributed by atoms with E-state index in [1.807, 2.05) is 6.07 Å². The van der Waals surface area contributed by atoms with Gasteiger partial charge in [-0.15, -0.1) is 0 Å². The average Bonchev–Trinajstić information content (AvgIpc) is 2.25. The Bertz CT molecular complexity index is 424. The van der Waals surface area contributed by atoms with Crippen LogP contribution in [0.2, 0.25) is 0 Å². The van der Waals surface area contributed by atoms with Gasteiger partial charge in [0.05, 0.1) is 45.7 Å². The molecule has 0 radical (unpaired) electrons. The summed E-state index contributed by atoms with van der Waals surface area (Å²) in [5.74, 6) is 0.102. The van der Waals surface area contributed by atoms with Gasteiger partial charge in [-0.05, 0) is 12.1 Å². The molecule has 16 heavy (non-hydrogen) atoms. The zero-order valence-corrected chi connectivity index (χ0v) is 10.0. The van der Waals surface area contributed by atoms with E-state index in [2.05, 4.69) is 21.1 Å². The Labute approximate surface area is 96.5 Å². The molecule has 0 aliphatic carbocycles. The first-order valence-corrected chi connectivity index (χ1v) is 5.26. The van der Waals surface area contributed by atoms with Gasteiger partial charge in [-0.25, -0.2) is 0 Å². The fourth-order valence-corrected chi connectivity index (χ4v) is 1.34. The number of nitrogens with zero attached hydrogens (tertiary/aromatic N) is 2. The summed E-state index contributed by atoms with van der Waals surface area (Å²) in [5.41, 5.74) is 1.17. The Kier molecular flexibility index (Phi) is 3.81. The van der Waals surface area contributed by atoms with E-state index < -0.39 is 0 Å². The molecule has 0 spiro atoms. The second-order valence-electron chi connectivity index (χ2n) is 4.88. The Balaban J connectivity index is 2.71. The van der Waals surface area contributed by atoms with Crippen molar-refractivity contribution in [2.45, 2.75) is 6.42 Å². The lowest BCUT2D eigenvalue weighted by Crippen LogP contribution is -2.36. The van der Waals surface area contributed by atoms with Gasteiger partial charge in [-0.3, -0.25) is 4.79 Å². The molecule has 0 saturated carbocycles. The summed E-state index contributed by atoms with van der Waals surface area (Å²) in [6.07, 6.45) is 0.512. The van der Waals surface area contributed by atoms with Crippen LogP contribution >= 0.6 is 0 Å². The number of hydrogen-bond acceptors (Lipinski definition) is 2. The van der Waals surface area contributed by atoms with Crippen molar-refractivity contribution in [3.8, 4) is 6.07 Å². The molecule has 0 bridgehead atoms. The van der Waals surface area contributed by atoms with Crippen molar-refractivity contribution in [2.75, 3.05) is 27.7 Å². The van der Waals surface area contributed by atoms with Crippen molar-refractivity contribution >= 4 is 5.78 Å². The van der Waals surface area contributed by atoms with E-state index >= 15 is 0 Å². The van der Waals surface area contributed by atoms with E-state index in [1.54, 1.807) is 24.3 Å². The first-order valence-electron chi connectivity index (χ1n) is 5.26. The predicted molar refractivity (Wildman–Crippen MR) is 63.0 cm³/mol. The Morgan fingerprint density at radius 2 is 2.06 bits per heavy atom. The van der Waals surface area contributed by atoms with E-state index in [9.17, 15) is 4.79 Å². The minimum Gasteiger partial charge on any atom is -0.331 e. The van der Waals surface area contributed by atoms with E-state index in [1.165, 1.54) is 0 Å².